The maximum atomic E-state index is 10.6. The number of hydrogen-bond acceptors (Lipinski definition) is 14. The van der Waals surface area contributed by atoms with Crippen molar-refractivity contribution in [3.8, 4) is 0 Å². The van der Waals surface area contributed by atoms with E-state index in [1.165, 1.54) is 13.8 Å². The van der Waals surface area contributed by atoms with Gasteiger partial charge in [0.15, 0.2) is 18.9 Å². The predicted molar refractivity (Wildman–Crippen MR) is 98.4 cm³/mol. The van der Waals surface area contributed by atoms with Gasteiger partial charge in [0.1, 0.15) is 61.0 Å². The van der Waals surface area contributed by atoms with Crippen LogP contribution in [0.5, 0.6) is 0 Å². The minimum Gasteiger partial charge on any atom is -0.394 e. The highest BCUT2D eigenvalue weighted by atomic mass is 16.7. The Hall–Kier alpha value is -0.560. The molecule has 0 saturated carbocycles. The van der Waals surface area contributed by atoms with E-state index in [1.807, 2.05) is 0 Å². The van der Waals surface area contributed by atoms with Crippen LogP contribution >= 0.6 is 0 Å². The number of hydrogen-bond donors (Lipinski definition) is 9. The van der Waals surface area contributed by atoms with E-state index < -0.39 is 98.7 Å². The van der Waals surface area contributed by atoms with Crippen molar-refractivity contribution in [1.82, 2.24) is 0 Å². The second-order valence-electron chi connectivity index (χ2n) is 8.30. The lowest BCUT2D eigenvalue weighted by Crippen LogP contribution is -2.66. The molecule has 3 aliphatic heterocycles. The Balaban J connectivity index is 1.70. The zero-order valence-electron chi connectivity index (χ0n) is 17.4. The molecule has 188 valence electrons. The van der Waals surface area contributed by atoms with Crippen molar-refractivity contribution in [3.05, 3.63) is 0 Å². The van der Waals surface area contributed by atoms with E-state index in [1.54, 1.807) is 0 Å². The topological polar surface area (TPSA) is 228 Å². The summed E-state index contributed by atoms with van der Waals surface area (Å²) >= 11 is 0. The molecule has 0 spiro atoms. The first kappa shape index (κ1) is 26.1. The van der Waals surface area contributed by atoms with Crippen molar-refractivity contribution in [2.45, 2.75) is 106 Å². The Bertz CT molecular complexity index is 594. The van der Waals surface area contributed by atoms with E-state index in [0.29, 0.717) is 0 Å². The third kappa shape index (κ3) is 4.94. The fraction of sp³-hybridized carbons (Fsp3) is 1.00. The van der Waals surface area contributed by atoms with E-state index in [4.69, 9.17) is 23.7 Å². The molecule has 32 heavy (non-hydrogen) atoms. The molecular weight excluding hydrogens is 440 g/mol. The van der Waals surface area contributed by atoms with E-state index in [0.717, 1.165) is 0 Å². The molecule has 3 fully saturated rings. The highest BCUT2D eigenvalue weighted by Crippen LogP contribution is 2.31. The molecular formula is C18H32O14. The average Bonchev–Trinajstić information content (AvgIpc) is 2.76. The van der Waals surface area contributed by atoms with Crippen LogP contribution in [0.25, 0.3) is 0 Å². The summed E-state index contributed by atoms with van der Waals surface area (Å²) < 4.78 is 26.6. The Morgan fingerprint density at radius 1 is 0.562 bits per heavy atom. The molecule has 3 heterocycles. The van der Waals surface area contributed by atoms with Crippen LogP contribution in [-0.2, 0) is 23.7 Å². The molecule has 14 nitrogen and oxygen atoms in total. The summed E-state index contributed by atoms with van der Waals surface area (Å²) in [6, 6.07) is 0. The number of ether oxygens (including phenoxy) is 5. The molecule has 0 aliphatic carbocycles. The molecule has 0 aromatic carbocycles. The molecule has 3 rings (SSSR count). The van der Waals surface area contributed by atoms with Crippen LogP contribution in [0, 0.1) is 0 Å². The van der Waals surface area contributed by atoms with Gasteiger partial charge in [-0.2, -0.15) is 0 Å². The minimum absolute atomic E-state index is 0.740. The standard InChI is InChI=1S/C18H32O14/c1-4-7(20)9(22)11(24)17(29-4)31-14-6(3-19)30-18(12(25)10(14)23)32-15-8(21)5(2)28-16(27)13(15)26/h4-27H,3H2,1-2H3/t4-,5-,6-,7+,8+,9+,10-,11-,12-,13-,14-,15+,16-,17+,18+/m1/s1. The van der Waals surface area contributed by atoms with E-state index >= 15 is 0 Å². The molecule has 14 heteroatoms. The van der Waals surface area contributed by atoms with Crippen LogP contribution in [0.4, 0.5) is 0 Å². The second kappa shape index (κ2) is 10.4. The van der Waals surface area contributed by atoms with Crippen LogP contribution in [0.15, 0.2) is 0 Å². The van der Waals surface area contributed by atoms with Crippen LogP contribution < -0.4 is 0 Å². The maximum absolute atomic E-state index is 10.6. The van der Waals surface area contributed by atoms with Crippen LogP contribution in [-0.4, -0.2) is 145 Å². The first-order chi connectivity index (χ1) is 15.0. The Morgan fingerprint density at radius 3 is 1.72 bits per heavy atom. The van der Waals surface area contributed by atoms with Crippen LogP contribution in [0.1, 0.15) is 13.8 Å². The lowest BCUT2D eigenvalue weighted by atomic mass is 9.96. The van der Waals surface area contributed by atoms with Gasteiger partial charge in [-0.15, -0.1) is 0 Å². The molecule has 15 atom stereocenters. The van der Waals surface area contributed by atoms with Crippen molar-refractivity contribution < 1.29 is 69.6 Å². The van der Waals surface area contributed by atoms with E-state index in [-0.39, 0.29) is 0 Å². The van der Waals surface area contributed by atoms with E-state index in [2.05, 4.69) is 0 Å². The van der Waals surface area contributed by atoms with Gasteiger partial charge < -0.3 is 69.6 Å². The minimum atomic E-state index is -1.81. The lowest BCUT2D eigenvalue weighted by Gasteiger charge is -2.47. The Morgan fingerprint density at radius 2 is 1.09 bits per heavy atom. The van der Waals surface area contributed by atoms with Crippen molar-refractivity contribution in [3.63, 3.8) is 0 Å². The number of aliphatic hydroxyl groups is 9. The van der Waals surface area contributed by atoms with Gasteiger partial charge >= 0.3 is 0 Å². The van der Waals surface area contributed by atoms with Crippen LogP contribution in [0.3, 0.4) is 0 Å². The van der Waals surface area contributed by atoms with Crippen LogP contribution in [0.2, 0.25) is 0 Å². The van der Waals surface area contributed by atoms with Gasteiger partial charge in [0.25, 0.3) is 0 Å². The highest BCUT2D eigenvalue weighted by molar-refractivity contribution is 4.95. The van der Waals surface area contributed by atoms with Gasteiger partial charge in [-0.05, 0) is 13.8 Å². The summed E-state index contributed by atoms with van der Waals surface area (Å²) in [5, 5.41) is 90.6. The molecule has 0 amide bonds. The first-order valence-corrected chi connectivity index (χ1v) is 10.3. The molecule has 3 saturated heterocycles. The van der Waals surface area contributed by atoms with Gasteiger partial charge in [-0.25, -0.2) is 0 Å². The fourth-order valence-corrected chi connectivity index (χ4v) is 3.94. The van der Waals surface area contributed by atoms with Gasteiger partial charge in [-0.3, -0.25) is 0 Å². The zero-order chi connectivity index (χ0) is 23.9. The average molecular weight is 472 g/mol. The summed E-state index contributed by atoms with van der Waals surface area (Å²) in [4.78, 5) is 0. The molecule has 0 aromatic heterocycles. The quantitative estimate of drug-likeness (QED) is 0.182. The molecule has 0 unspecified atom stereocenters. The summed E-state index contributed by atoms with van der Waals surface area (Å²) in [6.45, 7) is 2.10. The summed E-state index contributed by atoms with van der Waals surface area (Å²) in [6.07, 6.45) is -22.4. The fourth-order valence-electron chi connectivity index (χ4n) is 3.94. The Kier molecular flexibility index (Phi) is 8.44. The van der Waals surface area contributed by atoms with E-state index in [9.17, 15) is 46.0 Å². The lowest BCUT2D eigenvalue weighted by molar-refractivity contribution is -0.375. The monoisotopic (exact) mass is 472 g/mol. The first-order valence-electron chi connectivity index (χ1n) is 10.3. The largest absolute Gasteiger partial charge is 0.394 e. The SMILES string of the molecule is C[C@H]1O[C@@H](O[C@H]2[C@H](O)[C@@H](O)[C@H](O[C@@H]3[C@@H](O)[C@H](O)O[C@H](C)[C@@H]3O)O[C@@H]2CO)[C@H](O)[C@@H](O)[C@H]1O. The molecule has 0 bridgehead atoms. The van der Waals surface area contributed by atoms with Crippen molar-refractivity contribution in [1.29, 1.82) is 0 Å². The Labute approximate surface area is 183 Å². The van der Waals surface area contributed by atoms with Gasteiger partial charge in [-0.1, -0.05) is 0 Å². The predicted octanol–water partition coefficient (Wildman–Crippen LogP) is -5.52. The van der Waals surface area contributed by atoms with Gasteiger partial charge in [0.2, 0.25) is 0 Å². The highest BCUT2D eigenvalue weighted by Gasteiger charge is 2.52. The maximum Gasteiger partial charge on any atom is 0.187 e. The number of rotatable bonds is 5. The molecule has 0 radical (unpaired) electrons. The third-order valence-electron chi connectivity index (χ3n) is 6.01. The normalized spacial score (nSPS) is 55.0. The summed E-state index contributed by atoms with van der Waals surface area (Å²) in [7, 11) is 0. The second-order valence-corrected chi connectivity index (χ2v) is 8.30. The number of aliphatic hydroxyl groups excluding tert-OH is 9. The van der Waals surface area contributed by atoms with Gasteiger partial charge in [0, 0.05) is 0 Å². The molecule has 9 N–H and O–H groups in total. The summed E-state index contributed by atoms with van der Waals surface area (Å²) in [5.74, 6) is 0. The van der Waals surface area contributed by atoms with Crippen molar-refractivity contribution in [2.24, 2.45) is 0 Å². The zero-order valence-corrected chi connectivity index (χ0v) is 17.4. The van der Waals surface area contributed by atoms with Crippen molar-refractivity contribution in [2.75, 3.05) is 6.61 Å². The molecule has 3 aliphatic rings. The smallest absolute Gasteiger partial charge is 0.187 e. The van der Waals surface area contributed by atoms with Gasteiger partial charge in [0.05, 0.1) is 18.8 Å². The molecule has 0 aromatic rings. The summed E-state index contributed by atoms with van der Waals surface area (Å²) in [5.41, 5.74) is 0. The van der Waals surface area contributed by atoms with Crippen molar-refractivity contribution >= 4 is 0 Å². The third-order valence-corrected chi connectivity index (χ3v) is 6.01.